The van der Waals surface area contributed by atoms with E-state index in [2.05, 4.69) is 0 Å². The minimum absolute atomic E-state index is 0.0998. The first-order valence-corrected chi connectivity index (χ1v) is 5.90. The monoisotopic (exact) mass is 282 g/mol. The normalized spacial score (nSPS) is 13.4. The summed E-state index contributed by atoms with van der Waals surface area (Å²) in [5, 5.41) is 7.91. The molecule has 1 rings (SSSR count). The van der Waals surface area contributed by atoms with Gasteiger partial charge >= 0.3 is 12.1 Å². The molecule has 1 aromatic rings. The minimum Gasteiger partial charge on any atom is -0.480 e. The summed E-state index contributed by atoms with van der Waals surface area (Å²) >= 11 is 0.701. The second kappa shape index (κ2) is 5.60. The average molecular weight is 282 g/mol. The first-order chi connectivity index (χ1) is 8.25. The highest BCUT2D eigenvalue weighted by Gasteiger charge is 2.31. The predicted octanol–water partition coefficient (Wildman–Crippen LogP) is 3.80. The summed E-state index contributed by atoms with van der Waals surface area (Å²) < 4.78 is 50.3. The third-order valence-corrected chi connectivity index (χ3v) is 3.58. The van der Waals surface area contributed by atoms with Crippen molar-refractivity contribution in [2.75, 3.05) is 0 Å². The van der Waals surface area contributed by atoms with Crippen LogP contribution < -0.4 is 0 Å². The molecule has 0 amide bonds. The first kappa shape index (κ1) is 14.8. The lowest BCUT2D eigenvalue weighted by atomic mass is 10.2. The molecular formula is C11H10F4O2S. The molecule has 0 aliphatic heterocycles. The Bertz CT molecular complexity index is 445. The Morgan fingerprint density at radius 1 is 1.44 bits per heavy atom. The Hall–Kier alpha value is -1.24. The third kappa shape index (κ3) is 3.63. The van der Waals surface area contributed by atoms with Gasteiger partial charge < -0.3 is 5.11 Å². The van der Waals surface area contributed by atoms with Crippen molar-refractivity contribution >= 4 is 17.7 Å². The summed E-state index contributed by atoms with van der Waals surface area (Å²) in [6, 6.07) is 2.06. The van der Waals surface area contributed by atoms with Crippen molar-refractivity contribution < 1.29 is 27.5 Å². The summed E-state index contributed by atoms with van der Waals surface area (Å²) in [6.07, 6.45) is -4.36. The molecule has 1 unspecified atom stereocenters. The summed E-state index contributed by atoms with van der Waals surface area (Å²) in [6.45, 7) is 1.60. The van der Waals surface area contributed by atoms with Gasteiger partial charge in [-0.05, 0) is 24.6 Å². The third-order valence-electron chi connectivity index (χ3n) is 2.17. The summed E-state index contributed by atoms with van der Waals surface area (Å²) in [5.74, 6) is -2.18. The number of aliphatic carboxylic acids is 1. The highest BCUT2D eigenvalue weighted by molar-refractivity contribution is 8.00. The van der Waals surface area contributed by atoms with Crippen LogP contribution in [0, 0.1) is 5.82 Å². The van der Waals surface area contributed by atoms with Gasteiger partial charge in [-0.25, -0.2) is 4.39 Å². The maximum atomic E-state index is 13.4. The zero-order chi connectivity index (χ0) is 13.9. The SMILES string of the molecule is CCC(Sc1ccc(C(F)(F)F)cc1F)C(=O)O. The Balaban J connectivity index is 2.96. The molecule has 0 fully saturated rings. The lowest BCUT2D eigenvalue weighted by Gasteiger charge is -2.12. The van der Waals surface area contributed by atoms with Crippen LogP contribution in [-0.2, 0) is 11.0 Å². The van der Waals surface area contributed by atoms with E-state index < -0.39 is 28.8 Å². The van der Waals surface area contributed by atoms with Gasteiger partial charge in [-0.15, -0.1) is 11.8 Å². The Kier molecular flexibility index (Phi) is 4.61. The lowest BCUT2D eigenvalue weighted by Crippen LogP contribution is -2.15. The molecule has 0 bridgehead atoms. The van der Waals surface area contributed by atoms with E-state index in [0.717, 1.165) is 12.1 Å². The molecule has 2 nitrogen and oxygen atoms in total. The van der Waals surface area contributed by atoms with Crippen LogP contribution in [0.4, 0.5) is 17.6 Å². The number of carbonyl (C=O) groups is 1. The van der Waals surface area contributed by atoms with E-state index in [-0.39, 0.29) is 11.3 Å². The highest BCUT2D eigenvalue weighted by atomic mass is 32.2. The van der Waals surface area contributed by atoms with Crippen LogP contribution >= 0.6 is 11.8 Å². The molecule has 1 aromatic carbocycles. The molecular weight excluding hydrogens is 272 g/mol. The van der Waals surface area contributed by atoms with Gasteiger partial charge in [0.1, 0.15) is 11.1 Å². The van der Waals surface area contributed by atoms with Gasteiger partial charge in [0.25, 0.3) is 0 Å². The Morgan fingerprint density at radius 2 is 2.06 bits per heavy atom. The smallest absolute Gasteiger partial charge is 0.416 e. The van der Waals surface area contributed by atoms with Gasteiger partial charge in [-0.3, -0.25) is 4.79 Å². The summed E-state index contributed by atoms with van der Waals surface area (Å²) in [7, 11) is 0. The van der Waals surface area contributed by atoms with Crippen molar-refractivity contribution in [3.8, 4) is 0 Å². The van der Waals surface area contributed by atoms with Crippen molar-refractivity contribution in [2.45, 2.75) is 29.7 Å². The molecule has 0 radical (unpaired) electrons. The molecule has 0 saturated heterocycles. The van der Waals surface area contributed by atoms with E-state index in [9.17, 15) is 22.4 Å². The van der Waals surface area contributed by atoms with E-state index in [1.54, 1.807) is 6.92 Å². The van der Waals surface area contributed by atoms with E-state index >= 15 is 0 Å². The number of alkyl halides is 3. The summed E-state index contributed by atoms with van der Waals surface area (Å²) in [5.41, 5.74) is -1.09. The van der Waals surface area contributed by atoms with Crippen LogP contribution in [-0.4, -0.2) is 16.3 Å². The molecule has 0 aromatic heterocycles. The van der Waals surface area contributed by atoms with Crippen LogP contribution in [0.15, 0.2) is 23.1 Å². The number of rotatable bonds is 4. The van der Waals surface area contributed by atoms with Crippen molar-refractivity contribution in [3.63, 3.8) is 0 Å². The maximum absolute atomic E-state index is 13.4. The first-order valence-electron chi connectivity index (χ1n) is 5.02. The zero-order valence-corrected chi connectivity index (χ0v) is 10.1. The van der Waals surface area contributed by atoms with Gasteiger partial charge in [-0.2, -0.15) is 13.2 Å². The van der Waals surface area contributed by atoms with Gasteiger partial charge in [0.05, 0.1) is 5.56 Å². The molecule has 18 heavy (non-hydrogen) atoms. The number of carboxylic acid groups (broad SMARTS) is 1. The van der Waals surface area contributed by atoms with E-state index in [1.807, 2.05) is 0 Å². The Labute approximate surface area is 105 Å². The minimum atomic E-state index is -4.61. The van der Waals surface area contributed by atoms with Gasteiger partial charge in [0.2, 0.25) is 0 Å². The number of thioether (sulfide) groups is 1. The molecule has 0 aliphatic rings. The van der Waals surface area contributed by atoms with E-state index in [0.29, 0.717) is 17.8 Å². The standard InChI is InChI=1S/C11H10F4O2S/c1-2-8(10(16)17)18-9-4-3-6(5-7(9)12)11(13,14)15/h3-5,8H,2H2,1H3,(H,16,17). The van der Waals surface area contributed by atoms with Crippen LogP contribution in [0.25, 0.3) is 0 Å². The molecule has 0 heterocycles. The van der Waals surface area contributed by atoms with Crippen LogP contribution in [0.1, 0.15) is 18.9 Å². The molecule has 0 saturated carbocycles. The quantitative estimate of drug-likeness (QED) is 0.674. The second-order valence-electron chi connectivity index (χ2n) is 3.50. The van der Waals surface area contributed by atoms with Crippen molar-refractivity contribution in [1.29, 1.82) is 0 Å². The highest BCUT2D eigenvalue weighted by Crippen LogP contribution is 2.34. The van der Waals surface area contributed by atoms with E-state index in [4.69, 9.17) is 5.11 Å². The predicted molar refractivity (Wildman–Crippen MR) is 59.0 cm³/mol. The van der Waals surface area contributed by atoms with Crippen molar-refractivity contribution in [1.82, 2.24) is 0 Å². The molecule has 1 atom stereocenters. The largest absolute Gasteiger partial charge is 0.480 e. The molecule has 100 valence electrons. The zero-order valence-electron chi connectivity index (χ0n) is 9.29. The van der Waals surface area contributed by atoms with Gasteiger partial charge in [0.15, 0.2) is 0 Å². The summed E-state index contributed by atoms with van der Waals surface area (Å²) in [4.78, 5) is 10.6. The van der Waals surface area contributed by atoms with Crippen LogP contribution in [0.5, 0.6) is 0 Å². The fraction of sp³-hybridized carbons (Fsp3) is 0.364. The number of benzene rings is 1. The number of hydrogen-bond donors (Lipinski definition) is 1. The fourth-order valence-corrected chi connectivity index (χ4v) is 2.13. The Morgan fingerprint density at radius 3 is 2.44 bits per heavy atom. The molecule has 0 spiro atoms. The topological polar surface area (TPSA) is 37.3 Å². The van der Waals surface area contributed by atoms with Gasteiger partial charge in [-0.1, -0.05) is 6.92 Å². The van der Waals surface area contributed by atoms with Crippen LogP contribution in [0.3, 0.4) is 0 Å². The van der Waals surface area contributed by atoms with Crippen molar-refractivity contribution in [2.24, 2.45) is 0 Å². The van der Waals surface area contributed by atoms with Gasteiger partial charge in [0, 0.05) is 4.90 Å². The average Bonchev–Trinajstić information content (AvgIpc) is 2.25. The molecule has 7 heteroatoms. The second-order valence-corrected chi connectivity index (χ2v) is 4.74. The van der Waals surface area contributed by atoms with Crippen LogP contribution in [0.2, 0.25) is 0 Å². The molecule has 1 N–H and O–H groups in total. The molecule has 0 aliphatic carbocycles. The van der Waals surface area contributed by atoms with E-state index in [1.165, 1.54) is 0 Å². The number of carboxylic acids is 1. The maximum Gasteiger partial charge on any atom is 0.416 e. The lowest BCUT2D eigenvalue weighted by molar-refractivity contribution is -0.138. The number of hydrogen-bond acceptors (Lipinski definition) is 2. The fourth-order valence-electron chi connectivity index (χ4n) is 1.23. The number of halogens is 4. The van der Waals surface area contributed by atoms with Crippen molar-refractivity contribution in [3.05, 3.63) is 29.6 Å².